The van der Waals surface area contributed by atoms with E-state index in [9.17, 15) is 0 Å². The summed E-state index contributed by atoms with van der Waals surface area (Å²) in [4.78, 5) is 4.54. The first-order chi connectivity index (χ1) is 10.1. The lowest BCUT2D eigenvalue weighted by Gasteiger charge is -2.22. The Morgan fingerprint density at radius 3 is 2.90 bits per heavy atom. The molecule has 1 fully saturated rings. The largest absolute Gasteiger partial charge is 0.475 e. The number of aromatic nitrogens is 1. The first-order valence-corrected chi connectivity index (χ1v) is 8.07. The molecule has 1 atom stereocenters. The van der Waals surface area contributed by atoms with E-state index in [1.165, 1.54) is 18.4 Å². The molecule has 118 valence electrons. The second-order valence-electron chi connectivity index (χ2n) is 6.22. The van der Waals surface area contributed by atoms with Crippen LogP contribution in [-0.2, 0) is 11.3 Å². The molecule has 0 saturated carbocycles. The van der Waals surface area contributed by atoms with Gasteiger partial charge in [0, 0.05) is 24.9 Å². The number of hydrogen-bond donors (Lipinski definition) is 1. The van der Waals surface area contributed by atoms with E-state index in [2.05, 4.69) is 30.2 Å². The van der Waals surface area contributed by atoms with Crippen molar-refractivity contribution in [1.29, 1.82) is 0 Å². The molecule has 1 unspecified atom stereocenters. The second kappa shape index (κ2) is 8.35. The predicted molar refractivity (Wildman–Crippen MR) is 84.6 cm³/mol. The number of rotatable bonds is 7. The average molecular weight is 292 g/mol. The molecule has 1 N–H and O–H groups in total. The molecular weight excluding hydrogens is 264 g/mol. The van der Waals surface area contributed by atoms with E-state index >= 15 is 0 Å². The number of pyridine rings is 1. The zero-order chi connectivity index (χ0) is 15.1. The Balaban J connectivity index is 1.80. The summed E-state index contributed by atoms with van der Waals surface area (Å²) in [5.74, 6) is 1.37. The van der Waals surface area contributed by atoms with Crippen LogP contribution in [0.25, 0.3) is 0 Å². The summed E-state index contributed by atoms with van der Waals surface area (Å²) in [7, 11) is 0. The van der Waals surface area contributed by atoms with Gasteiger partial charge in [0.15, 0.2) is 0 Å². The van der Waals surface area contributed by atoms with Crippen LogP contribution in [0.1, 0.15) is 44.4 Å². The molecule has 1 aromatic rings. The van der Waals surface area contributed by atoms with Crippen LogP contribution >= 0.6 is 0 Å². The molecular formula is C17H28N2O2. The van der Waals surface area contributed by atoms with E-state index < -0.39 is 0 Å². The lowest BCUT2D eigenvalue weighted by atomic mass is 10.1. The Bertz CT molecular complexity index is 429. The van der Waals surface area contributed by atoms with Gasteiger partial charge in [-0.05, 0) is 44.2 Å². The van der Waals surface area contributed by atoms with Crippen LogP contribution in [0.5, 0.6) is 5.88 Å². The third kappa shape index (κ3) is 5.64. The molecule has 1 saturated heterocycles. The fourth-order valence-corrected chi connectivity index (χ4v) is 2.45. The summed E-state index contributed by atoms with van der Waals surface area (Å²) in [6.07, 6.45) is 3.73. The van der Waals surface area contributed by atoms with E-state index in [4.69, 9.17) is 9.47 Å². The third-order valence-corrected chi connectivity index (χ3v) is 3.73. The molecule has 1 aliphatic rings. The van der Waals surface area contributed by atoms with Gasteiger partial charge in [-0.2, -0.15) is 0 Å². The van der Waals surface area contributed by atoms with E-state index in [1.54, 1.807) is 0 Å². The van der Waals surface area contributed by atoms with Crippen LogP contribution in [0, 0.1) is 12.8 Å². The molecule has 0 aromatic carbocycles. The van der Waals surface area contributed by atoms with Crippen molar-refractivity contribution in [3.63, 3.8) is 0 Å². The van der Waals surface area contributed by atoms with E-state index in [0.717, 1.165) is 31.8 Å². The first kappa shape index (κ1) is 16.2. The summed E-state index contributed by atoms with van der Waals surface area (Å²) in [6.45, 7) is 9.82. The lowest BCUT2D eigenvalue weighted by Crippen LogP contribution is -2.26. The van der Waals surface area contributed by atoms with Crippen molar-refractivity contribution >= 4 is 0 Å². The van der Waals surface area contributed by atoms with E-state index in [0.29, 0.717) is 18.4 Å². The van der Waals surface area contributed by atoms with Crippen molar-refractivity contribution in [2.45, 2.75) is 52.7 Å². The van der Waals surface area contributed by atoms with Crippen LogP contribution in [0.2, 0.25) is 0 Å². The Kier molecular flexibility index (Phi) is 6.46. The molecule has 0 bridgehead atoms. The minimum absolute atomic E-state index is 0.230. The van der Waals surface area contributed by atoms with Gasteiger partial charge in [0.1, 0.15) is 6.61 Å². The molecule has 4 heteroatoms. The van der Waals surface area contributed by atoms with Gasteiger partial charge in [0.05, 0.1) is 6.10 Å². The van der Waals surface area contributed by atoms with Gasteiger partial charge in [-0.15, -0.1) is 0 Å². The monoisotopic (exact) mass is 292 g/mol. The SMILES string of the molecule is Cc1nc(OCC2CCCCO2)ccc1CNCC(C)C. The van der Waals surface area contributed by atoms with Gasteiger partial charge in [0.25, 0.3) is 0 Å². The molecule has 21 heavy (non-hydrogen) atoms. The van der Waals surface area contributed by atoms with E-state index in [1.807, 2.05) is 13.0 Å². The molecule has 2 rings (SSSR count). The van der Waals surface area contributed by atoms with Gasteiger partial charge in [-0.1, -0.05) is 19.9 Å². The van der Waals surface area contributed by atoms with Crippen molar-refractivity contribution < 1.29 is 9.47 Å². The average Bonchev–Trinajstić information content (AvgIpc) is 2.48. The standard InChI is InChI=1S/C17H28N2O2/c1-13(2)10-18-11-15-7-8-17(19-14(15)3)21-12-16-6-4-5-9-20-16/h7-8,13,16,18H,4-6,9-12H2,1-3H3. The van der Waals surface area contributed by atoms with Crippen molar-refractivity contribution in [2.75, 3.05) is 19.8 Å². The Morgan fingerprint density at radius 1 is 1.38 bits per heavy atom. The Labute approximate surface area is 128 Å². The quantitative estimate of drug-likeness (QED) is 0.838. The number of nitrogens with zero attached hydrogens (tertiary/aromatic N) is 1. The van der Waals surface area contributed by atoms with Crippen LogP contribution in [-0.4, -0.2) is 30.8 Å². The maximum Gasteiger partial charge on any atom is 0.213 e. The van der Waals surface area contributed by atoms with Gasteiger partial charge >= 0.3 is 0 Å². The number of nitrogens with one attached hydrogen (secondary N) is 1. The Morgan fingerprint density at radius 2 is 2.24 bits per heavy atom. The van der Waals surface area contributed by atoms with Crippen LogP contribution in [0.3, 0.4) is 0 Å². The maximum absolute atomic E-state index is 5.77. The summed E-state index contributed by atoms with van der Waals surface area (Å²) < 4.78 is 11.4. The molecule has 1 aliphatic heterocycles. The van der Waals surface area contributed by atoms with Crippen LogP contribution < -0.4 is 10.1 Å². The molecule has 0 aliphatic carbocycles. The van der Waals surface area contributed by atoms with E-state index in [-0.39, 0.29) is 6.10 Å². The topological polar surface area (TPSA) is 43.4 Å². The lowest BCUT2D eigenvalue weighted by molar-refractivity contribution is -0.0119. The van der Waals surface area contributed by atoms with Gasteiger partial charge in [-0.3, -0.25) is 0 Å². The highest BCUT2D eigenvalue weighted by atomic mass is 16.5. The van der Waals surface area contributed by atoms with Gasteiger partial charge in [0.2, 0.25) is 5.88 Å². The third-order valence-electron chi connectivity index (χ3n) is 3.73. The zero-order valence-electron chi connectivity index (χ0n) is 13.5. The van der Waals surface area contributed by atoms with Gasteiger partial charge in [-0.25, -0.2) is 4.98 Å². The van der Waals surface area contributed by atoms with Gasteiger partial charge < -0.3 is 14.8 Å². The molecule has 2 heterocycles. The molecule has 0 radical (unpaired) electrons. The predicted octanol–water partition coefficient (Wildman–Crippen LogP) is 3.08. The summed E-state index contributed by atoms with van der Waals surface area (Å²) in [6, 6.07) is 4.06. The second-order valence-corrected chi connectivity index (χ2v) is 6.22. The minimum atomic E-state index is 0.230. The van der Waals surface area contributed by atoms with Crippen molar-refractivity contribution in [1.82, 2.24) is 10.3 Å². The smallest absolute Gasteiger partial charge is 0.213 e. The molecule has 0 amide bonds. The highest BCUT2D eigenvalue weighted by Crippen LogP contribution is 2.16. The first-order valence-electron chi connectivity index (χ1n) is 8.07. The molecule has 1 aromatic heterocycles. The minimum Gasteiger partial charge on any atom is -0.475 e. The number of aryl methyl sites for hydroxylation is 1. The van der Waals surface area contributed by atoms with Crippen molar-refractivity contribution in [3.8, 4) is 5.88 Å². The summed E-state index contributed by atoms with van der Waals surface area (Å²) in [5, 5.41) is 3.44. The van der Waals surface area contributed by atoms with Crippen molar-refractivity contribution in [3.05, 3.63) is 23.4 Å². The Hall–Kier alpha value is -1.13. The summed E-state index contributed by atoms with van der Waals surface area (Å²) in [5.41, 5.74) is 2.27. The maximum atomic E-state index is 5.77. The highest BCUT2D eigenvalue weighted by Gasteiger charge is 2.14. The van der Waals surface area contributed by atoms with Crippen molar-refractivity contribution in [2.24, 2.45) is 5.92 Å². The summed E-state index contributed by atoms with van der Waals surface area (Å²) >= 11 is 0. The van der Waals surface area contributed by atoms with Crippen LogP contribution in [0.15, 0.2) is 12.1 Å². The number of ether oxygens (including phenoxy) is 2. The fraction of sp³-hybridized carbons (Fsp3) is 0.706. The highest BCUT2D eigenvalue weighted by molar-refractivity contribution is 5.24. The van der Waals surface area contributed by atoms with Crippen LogP contribution in [0.4, 0.5) is 0 Å². The molecule has 4 nitrogen and oxygen atoms in total. The normalized spacial score (nSPS) is 19.0. The fourth-order valence-electron chi connectivity index (χ4n) is 2.45. The zero-order valence-corrected chi connectivity index (χ0v) is 13.5. The molecule has 0 spiro atoms. The number of hydrogen-bond acceptors (Lipinski definition) is 4.